The molecule has 4 N–H and O–H groups in total. The molecule has 2 atom stereocenters. The van der Waals surface area contributed by atoms with E-state index in [9.17, 15) is 4.79 Å². The number of fused-ring (bicyclic) bond motifs is 1. The summed E-state index contributed by atoms with van der Waals surface area (Å²) in [7, 11) is 0. The maximum absolute atomic E-state index is 10.1. The van der Waals surface area contributed by atoms with Crippen LogP contribution in [0.1, 0.15) is 68.8 Å². The van der Waals surface area contributed by atoms with E-state index in [1.807, 2.05) is 0 Å². The first kappa shape index (κ1) is 20.8. The molecule has 1 aliphatic carbocycles. The van der Waals surface area contributed by atoms with Crippen molar-refractivity contribution in [3.05, 3.63) is 28.4 Å². The van der Waals surface area contributed by atoms with Crippen molar-refractivity contribution in [2.75, 3.05) is 12.3 Å². The van der Waals surface area contributed by atoms with Crippen LogP contribution in [-0.4, -0.2) is 33.5 Å². The molecular formula is C20H28BrN5O2. The van der Waals surface area contributed by atoms with Crippen LogP contribution in [0.5, 0.6) is 0 Å². The fourth-order valence-electron chi connectivity index (χ4n) is 3.88. The van der Waals surface area contributed by atoms with Crippen LogP contribution in [0.4, 0.5) is 5.82 Å². The Morgan fingerprint density at radius 1 is 1.32 bits per heavy atom. The van der Waals surface area contributed by atoms with Gasteiger partial charge in [0.2, 0.25) is 0 Å². The van der Waals surface area contributed by atoms with Crippen molar-refractivity contribution in [1.29, 1.82) is 0 Å². The van der Waals surface area contributed by atoms with E-state index in [-0.39, 0.29) is 6.04 Å². The van der Waals surface area contributed by atoms with E-state index in [4.69, 9.17) is 21.2 Å². The lowest BCUT2D eigenvalue weighted by molar-refractivity contribution is -0.128. The molecule has 0 aromatic carbocycles. The Bertz CT molecular complexity index is 836. The number of aromatic nitrogens is 3. The number of imidazole rings is 1. The average molecular weight is 450 g/mol. The van der Waals surface area contributed by atoms with E-state index in [0.717, 1.165) is 73.0 Å². The van der Waals surface area contributed by atoms with Crippen LogP contribution < -0.4 is 11.5 Å². The number of nitrogen functional groups attached to an aromatic ring is 1. The van der Waals surface area contributed by atoms with E-state index in [0.29, 0.717) is 24.8 Å². The van der Waals surface area contributed by atoms with Gasteiger partial charge in [-0.1, -0.05) is 12.5 Å². The number of rotatable bonds is 9. The van der Waals surface area contributed by atoms with Gasteiger partial charge in [-0.05, 0) is 67.0 Å². The van der Waals surface area contributed by atoms with Crippen molar-refractivity contribution >= 4 is 39.8 Å². The fraction of sp³-hybridized carbons (Fsp3) is 0.550. The van der Waals surface area contributed by atoms with Gasteiger partial charge in [0.15, 0.2) is 5.82 Å². The zero-order valence-corrected chi connectivity index (χ0v) is 17.6. The molecule has 0 spiro atoms. The quantitative estimate of drug-likeness (QED) is 0.444. The molecule has 1 aliphatic rings. The van der Waals surface area contributed by atoms with Gasteiger partial charge in [-0.3, -0.25) is 9.20 Å². The third kappa shape index (κ3) is 4.91. The molecule has 1 fully saturated rings. The molecular weight excluding hydrogens is 422 g/mol. The zero-order valence-electron chi connectivity index (χ0n) is 16.0. The SMILES string of the molecule is Nc1ncc(/C=C/CCCCCOC=O)n2c([C@@H]3CCC[C@@H](N)C3)nc(Br)c12. The number of nitrogens with zero attached hydrogens (tertiary/aromatic N) is 3. The first-order valence-corrected chi connectivity index (χ1v) is 10.7. The molecule has 28 heavy (non-hydrogen) atoms. The minimum Gasteiger partial charge on any atom is -0.468 e. The molecule has 8 heteroatoms. The van der Waals surface area contributed by atoms with E-state index in [2.05, 4.69) is 37.5 Å². The lowest BCUT2D eigenvalue weighted by Crippen LogP contribution is -2.27. The first-order valence-electron chi connectivity index (χ1n) is 9.91. The Morgan fingerprint density at radius 2 is 2.18 bits per heavy atom. The summed E-state index contributed by atoms with van der Waals surface area (Å²) in [5.41, 5.74) is 14.1. The van der Waals surface area contributed by atoms with E-state index in [1.165, 1.54) is 0 Å². The number of halogens is 1. The minimum absolute atomic E-state index is 0.228. The van der Waals surface area contributed by atoms with Gasteiger partial charge in [-0.15, -0.1) is 0 Å². The van der Waals surface area contributed by atoms with Crippen LogP contribution in [0.25, 0.3) is 11.6 Å². The summed E-state index contributed by atoms with van der Waals surface area (Å²) < 4.78 is 7.57. The molecule has 3 rings (SSSR count). The van der Waals surface area contributed by atoms with Gasteiger partial charge in [0.25, 0.3) is 6.47 Å². The van der Waals surface area contributed by atoms with Gasteiger partial charge in [0.05, 0.1) is 18.5 Å². The third-order valence-corrected chi connectivity index (χ3v) is 5.82. The number of carbonyl (C=O) groups excluding carboxylic acids is 1. The summed E-state index contributed by atoms with van der Waals surface area (Å²) in [6, 6.07) is 0.228. The highest BCUT2D eigenvalue weighted by Gasteiger charge is 2.26. The highest BCUT2D eigenvalue weighted by molar-refractivity contribution is 9.10. The summed E-state index contributed by atoms with van der Waals surface area (Å²) in [5, 5.41) is 0. The lowest BCUT2D eigenvalue weighted by Gasteiger charge is -2.26. The monoisotopic (exact) mass is 449 g/mol. The number of carbonyl (C=O) groups is 1. The fourth-order valence-corrected chi connectivity index (χ4v) is 4.44. The number of unbranched alkanes of at least 4 members (excludes halogenated alkanes) is 3. The second-order valence-corrected chi connectivity index (χ2v) is 8.11. The van der Waals surface area contributed by atoms with Gasteiger partial charge in [0, 0.05) is 12.0 Å². The molecule has 0 unspecified atom stereocenters. The molecule has 2 aromatic heterocycles. The van der Waals surface area contributed by atoms with Crippen molar-refractivity contribution in [2.24, 2.45) is 5.73 Å². The van der Waals surface area contributed by atoms with E-state index >= 15 is 0 Å². The lowest BCUT2D eigenvalue weighted by atomic mass is 9.85. The number of hydrogen-bond acceptors (Lipinski definition) is 6. The molecule has 0 saturated heterocycles. The predicted octanol–water partition coefficient (Wildman–Crippen LogP) is 3.81. The number of anilines is 1. The molecule has 0 aliphatic heterocycles. The smallest absolute Gasteiger partial charge is 0.293 e. The van der Waals surface area contributed by atoms with Crippen LogP contribution in [0.3, 0.4) is 0 Å². The second-order valence-electron chi connectivity index (χ2n) is 7.36. The van der Waals surface area contributed by atoms with Gasteiger partial charge in [-0.2, -0.15) is 0 Å². The van der Waals surface area contributed by atoms with Crippen LogP contribution >= 0.6 is 15.9 Å². The predicted molar refractivity (Wildman–Crippen MR) is 114 cm³/mol. The van der Waals surface area contributed by atoms with Gasteiger partial charge in [-0.25, -0.2) is 9.97 Å². The van der Waals surface area contributed by atoms with Crippen molar-refractivity contribution in [1.82, 2.24) is 14.4 Å². The molecule has 1 saturated carbocycles. The Hall–Kier alpha value is -1.93. The molecule has 2 heterocycles. The topological polar surface area (TPSA) is 109 Å². The normalized spacial score (nSPS) is 20.1. The van der Waals surface area contributed by atoms with Crippen molar-refractivity contribution in [3.63, 3.8) is 0 Å². The Kier molecular flexibility index (Phi) is 7.44. The van der Waals surface area contributed by atoms with Crippen LogP contribution in [-0.2, 0) is 9.53 Å². The average Bonchev–Trinajstić information content (AvgIpc) is 3.04. The van der Waals surface area contributed by atoms with Gasteiger partial charge in [0.1, 0.15) is 15.9 Å². The third-order valence-electron chi connectivity index (χ3n) is 5.27. The van der Waals surface area contributed by atoms with Crippen molar-refractivity contribution in [3.8, 4) is 0 Å². The van der Waals surface area contributed by atoms with Crippen LogP contribution in [0.2, 0.25) is 0 Å². The Labute approximate surface area is 173 Å². The summed E-state index contributed by atoms with van der Waals surface area (Å²) in [6.07, 6.45) is 14.2. The van der Waals surface area contributed by atoms with E-state index in [1.54, 1.807) is 6.20 Å². The summed E-state index contributed by atoms with van der Waals surface area (Å²) in [6.45, 7) is 0.991. The number of nitrogens with two attached hydrogens (primary N) is 2. The van der Waals surface area contributed by atoms with E-state index < -0.39 is 0 Å². The first-order chi connectivity index (χ1) is 13.6. The second kappa shape index (κ2) is 10.0. The van der Waals surface area contributed by atoms with Crippen LogP contribution in [0.15, 0.2) is 16.9 Å². The number of ether oxygens (including phenoxy) is 1. The minimum atomic E-state index is 0.228. The molecule has 7 nitrogen and oxygen atoms in total. The van der Waals surface area contributed by atoms with Crippen LogP contribution in [0, 0.1) is 0 Å². The Morgan fingerprint density at radius 3 is 2.96 bits per heavy atom. The van der Waals surface area contributed by atoms with Crippen molar-refractivity contribution < 1.29 is 9.53 Å². The summed E-state index contributed by atoms with van der Waals surface area (Å²) in [5.74, 6) is 1.81. The number of allylic oxidation sites excluding steroid dienone is 1. The number of hydrogen-bond donors (Lipinski definition) is 2. The molecule has 0 amide bonds. The maximum atomic E-state index is 10.1. The molecule has 152 valence electrons. The molecule has 0 radical (unpaired) electrons. The Balaban J connectivity index is 1.77. The summed E-state index contributed by atoms with van der Waals surface area (Å²) >= 11 is 3.56. The standard InChI is InChI=1S/C20H28BrN5O2/c21-18-17-19(23)24-12-16(9-4-2-1-3-5-10-28-13-27)26(17)20(25-18)14-7-6-8-15(22)11-14/h4,9,12-15H,1-3,5-8,10-11,22H2,(H2,23,24)/b9-4+/t14-,15-/m1/s1. The highest BCUT2D eigenvalue weighted by atomic mass is 79.9. The van der Waals surface area contributed by atoms with Gasteiger partial charge >= 0.3 is 0 Å². The largest absolute Gasteiger partial charge is 0.468 e. The summed E-state index contributed by atoms with van der Waals surface area (Å²) in [4.78, 5) is 19.3. The molecule has 2 aromatic rings. The van der Waals surface area contributed by atoms with Gasteiger partial charge < -0.3 is 16.2 Å². The maximum Gasteiger partial charge on any atom is 0.293 e. The highest BCUT2D eigenvalue weighted by Crippen LogP contribution is 2.35. The molecule has 0 bridgehead atoms. The zero-order chi connectivity index (χ0) is 19.9. The van der Waals surface area contributed by atoms with Crippen molar-refractivity contribution in [2.45, 2.75) is 63.3 Å².